The zero-order chi connectivity index (χ0) is 10.1. The van der Waals surface area contributed by atoms with Gasteiger partial charge in [-0.25, -0.2) is 0 Å². The van der Waals surface area contributed by atoms with E-state index in [9.17, 15) is 4.79 Å². The Morgan fingerprint density at radius 1 is 1.46 bits per heavy atom. The van der Waals surface area contributed by atoms with Crippen LogP contribution in [0.5, 0.6) is 0 Å². The molecule has 0 fully saturated rings. The van der Waals surface area contributed by atoms with Crippen LogP contribution in [0.1, 0.15) is 39.5 Å². The Bertz CT molecular complexity index is 180. The van der Waals surface area contributed by atoms with Gasteiger partial charge < -0.3 is 0 Å². The first-order valence-corrected chi connectivity index (χ1v) is 5.05. The van der Waals surface area contributed by atoms with E-state index in [1.807, 2.05) is 6.08 Å². The van der Waals surface area contributed by atoms with E-state index in [4.69, 9.17) is 0 Å². The van der Waals surface area contributed by atoms with Crippen LogP contribution < -0.4 is 0 Å². The lowest BCUT2D eigenvalue weighted by Gasteiger charge is -2.07. The van der Waals surface area contributed by atoms with Crippen molar-refractivity contribution in [2.75, 3.05) is 0 Å². The fraction of sp³-hybridized carbons (Fsp3) is 0.583. The third-order valence-electron chi connectivity index (χ3n) is 2.13. The number of allylic oxidation sites excluding steroid dienone is 3. The molecule has 0 aromatic rings. The summed E-state index contributed by atoms with van der Waals surface area (Å²) in [4.78, 5) is 10.7. The molecule has 0 aromatic heterocycles. The molecule has 0 amide bonds. The first-order valence-electron chi connectivity index (χ1n) is 5.05. The predicted octanol–water partition coefficient (Wildman–Crippen LogP) is 3.51. The van der Waals surface area contributed by atoms with Crippen molar-refractivity contribution >= 4 is 6.29 Å². The zero-order valence-electron chi connectivity index (χ0n) is 8.75. The van der Waals surface area contributed by atoms with Gasteiger partial charge in [0.25, 0.3) is 0 Å². The average Bonchev–Trinajstić information content (AvgIpc) is 2.16. The highest BCUT2D eigenvalue weighted by Crippen LogP contribution is 2.14. The molecular weight excluding hydrogens is 160 g/mol. The number of rotatable bonds is 7. The highest BCUT2D eigenvalue weighted by Gasteiger charge is 2.02. The van der Waals surface area contributed by atoms with Crippen LogP contribution >= 0.6 is 0 Å². The van der Waals surface area contributed by atoms with Gasteiger partial charge in [-0.1, -0.05) is 32.4 Å². The quantitative estimate of drug-likeness (QED) is 0.333. The monoisotopic (exact) mass is 180 g/mol. The fourth-order valence-electron chi connectivity index (χ4n) is 1.34. The Hall–Kier alpha value is -0.850. The molecule has 13 heavy (non-hydrogen) atoms. The molecule has 0 spiro atoms. The Morgan fingerprint density at radius 2 is 2.15 bits per heavy atom. The molecule has 0 heterocycles. The summed E-state index contributed by atoms with van der Waals surface area (Å²) in [5.74, 6) is 0.490. The second-order valence-corrected chi connectivity index (χ2v) is 3.30. The van der Waals surface area contributed by atoms with Crippen molar-refractivity contribution in [3.63, 3.8) is 0 Å². The number of hydrogen-bond donors (Lipinski definition) is 0. The first kappa shape index (κ1) is 12.2. The highest BCUT2D eigenvalue weighted by atomic mass is 16.1. The summed E-state index contributed by atoms with van der Waals surface area (Å²) in [5.41, 5.74) is 0.941. The highest BCUT2D eigenvalue weighted by molar-refractivity contribution is 5.73. The van der Waals surface area contributed by atoms with Crippen LogP contribution in [0, 0.1) is 5.92 Å². The number of hydrogen-bond acceptors (Lipinski definition) is 1. The largest absolute Gasteiger partial charge is 0.298 e. The van der Waals surface area contributed by atoms with Gasteiger partial charge in [-0.3, -0.25) is 4.79 Å². The van der Waals surface area contributed by atoms with E-state index in [0.717, 1.165) is 37.5 Å². The molecule has 0 saturated carbocycles. The molecule has 0 aromatic carbocycles. The van der Waals surface area contributed by atoms with Crippen molar-refractivity contribution in [1.82, 2.24) is 0 Å². The summed E-state index contributed by atoms with van der Waals surface area (Å²) in [7, 11) is 0. The lowest BCUT2D eigenvalue weighted by molar-refractivity contribution is -0.105. The minimum absolute atomic E-state index is 0.490. The maximum Gasteiger partial charge on any atom is 0.145 e. The standard InChI is InChI=1S/C12H20O/c1-4-7-11(6-3)9-12(10-13)8-5-2/h4,9-11H,1,5-8H2,2-3H3. The summed E-state index contributed by atoms with van der Waals surface area (Å²) in [5, 5.41) is 0. The van der Waals surface area contributed by atoms with E-state index in [1.54, 1.807) is 0 Å². The predicted molar refractivity (Wildman–Crippen MR) is 57.7 cm³/mol. The first-order chi connectivity index (χ1) is 6.28. The maximum atomic E-state index is 10.7. The number of aldehydes is 1. The lowest BCUT2D eigenvalue weighted by Crippen LogP contribution is -1.96. The van der Waals surface area contributed by atoms with Gasteiger partial charge in [0.05, 0.1) is 0 Å². The SMILES string of the molecule is C=CCC(C=C(C=O)CCC)CC. The minimum atomic E-state index is 0.490. The summed E-state index contributed by atoms with van der Waals surface area (Å²) in [6.07, 6.45) is 8.98. The van der Waals surface area contributed by atoms with E-state index in [-0.39, 0.29) is 0 Å². The van der Waals surface area contributed by atoms with E-state index < -0.39 is 0 Å². The normalized spacial score (nSPS) is 13.8. The molecule has 0 N–H and O–H groups in total. The van der Waals surface area contributed by atoms with Crippen LogP contribution in [-0.4, -0.2) is 6.29 Å². The van der Waals surface area contributed by atoms with Crippen LogP contribution in [0.25, 0.3) is 0 Å². The number of carbonyl (C=O) groups is 1. The molecule has 0 rings (SSSR count). The molecule has 1 atom stereocenters. The van der Waals surface area contributed by atoms with Crippen molar-refractivity contribution in [3.8, 4) is 0 Å². The van der Waals surface area contributed by atoms with Crippen molar-refractivity contribution in [2.45, 2.75) is 39.5 Å². The van der Waals surface area contributed by atoms with Gasteiger partial charge in [-0.2, -0.15) is 0 Å². The molecule has 0 saturated heterocycles. The molecule has 0 aliphatic carbocycles. The Balaban J connectivity index is 4.24. The van der Waals surface area contributed by atoms with Gasteiger partial charge in [0, 0.05) is 0 Å². The zero-order valence-corrected chi connectivity index (χ0v) is 8.75. The van der Waals surface area contributed by atoms with E-state index >= 15 is 0 Å². The van der Waals surface area contributed by atoms with Gasteiger partial charge in [0.2, 0.25) is 0 Å². The third-order valence-corrected chi connectivity index (χ3v) is 2.13. The van der Waals surface area contributed by atoms with E-state index in [0.29, 0.717) is 5.92 Å². The molecule has 0 aliphatic heterocycles. The summed E-state index contributed by atoms with van der Waals surface area (Å²) in [6, 6.07) is 0. The van der Waals surface area contributed by atoms with Gasteiger partial charge in [0.15, 0.2) is 0 Å². The second-order valence-electron chi connectivity index (χ2n) is 3.30. The van der Waals surface area contributed by atoms with Gasteiger partial charge in [0.1, 0.15) is 6.29 Å². The van der Waals surface area contributed by atoms with E-state index in [1.165, 1.54) is 0 Å². The average molecular weight is 180 g/mol. The smallest absolute Gasteiger partial charge is 0.145 e. The second kappa shape index (κ2) is 7.78. The minimum Gasteiger partial charge on any atom is -0.298 e. The van der Waals surface area contributed by atoms with Crippen molar-refractivity contribution in [1.29, 1.82) is 0 Å². The lowest BCUT2D eigenvalue weighted by atomic mass is 9.98. The van der Waals surface area contributed by atoms with Crippen LogP contribution in [0.15, 0.2) is 24.3 Å². The molecule has 1 heteroatoms. The molecule has 1 nitrogen and oxygen atoms in total. The van der Waals surface area contributed by atoms with Crippen molar-refractivity contribution < 1.29 is 4.79 Å². The Morgan fingerprint density at radius 3 is 2.54 bits per heavy atom. The van der Waals surface area contributed by atoms with Gasteiger partial charge >= 0.3 is 0 Å². The fourth-order valence-corrected chi connectivity index (χ4v) is 1.34. The van der Waals surface area contributed by atoms with Gasteiger partial charge in [-0.15, -0.1) is 6.58 Å². The molecule has 0 bridgehead atoms. The molecular formula is C12H20O. The topological polar surface area (TPSA) is 17.1 Å². The van der Waals surface area contributed by atoms with Crippen LogP contribution in [0.2, 0.25) is 0 Å². The maximum absolute atomic E-state index is 10.7. The van der Waals surface area contributed by atoms with Crippen LogP contribution in [-0.2, 0) is 4.79 Å². The molecule has 0 aliphatic rings. The Kier molecular flexibility index (Phi) is 7.27. The number of carbonyl (C=O) groups excluding carboxylic acids is 1. The van der Waals surface area contributed by atoms with Crippen LogP contribution in [0.3, 0.4) is 0 Å². The molecule has 0 radical (unpaired) electrons. The summed E-state index contributed by atoms with van der Waals surface area (Å²) < 4.78 is 0. The molecule has 1 unspecified atom stereocenters. The Labute approximate surface area is 81.5 Å². The summed E-state index contributed by atoms with van der Waals surface area (Å²) >= 11 is 0. The summed E-state index contributed by atoms with van der Waals surface area (Å²) in [6.45, 7) is 7.94. The van der Waals surface area contributed by atoms with Gasteiger partial charge in [-0.05, 0) is 30.8 Å². The third kappa shape index (κ3) is 5.40. The van der Waals surface area contributed by atoms with Crippen molar-refractivity contribution in [2.24, 2.45) is 5.92 Å². The van der Waals surface area contributed by atoms with E-state index in [2.05, 4.69) is 26.5 Å². The van der Waals surface area contributed by atoms with Crippen molar-refractivity contribution in [3.05, 3.63) is 24.3 Å². The van der Waals surface area contributed by atoms with Crippen LogP contribution in [0.4, 0.5) is 0 Å². The molecule has 74 valence electrons.